The summed E-state index contributed by atoms with van der Waals surface area (Å²) in [7, 11) is 0. The third-order valence-corrected chi connectivity index (χ3v) is 5.16. The summed E-state index contributed by atoms with van der Waals surface area (Å²) in [5.41, 5.74) is 2.23. The fraction of sp³-hybridized carbons (Fsp3) is 0.375. The Balaban J connectivity index is 1.57. The van der Waals surface area contributed by atoms with Gasteiger partial charge in [-0.15, -0.1) is 11.3 Å². The number of aryl methyl sites for hydroxylation is 2. The van der Waals surface area contributed by atoms with Gasteiger partial charge in [-0.05, 0) is 37.6 Å². The van der Waals surface area contributed by atoms with Crippen molar-refractivity contribution in [3.05, 3.63) is 39.9 Å². The molecule has 0 saturated carbocycles. The van der Waals surface area contributed by atoms with Gasteiger partial charge in [0.25, 0.3) is 0 Å². The molecule has 2 heterocycles. The number of piperazine rings is 1. The van der Waals surface area contributed by atoms with Crippen molar-refractivity contribution in [3.63, 3.8) is 0 Å². The number of urea groups is 1. The number of nitrogens with zero attached hydrogens (tertiary/aromatic N) is 3. The van der Waals surface area contributed by atoms with Gasteiger partial charge in [-0.2, -0.15) is 0 Å². The summed E-state index contributed by atoms with van der Waals surface area (Å²) in [4.78, 5) is 21.6. The number of benzene rings is 1. The zero-order chi connectivity index (χ0) is 16.4. The molecular formula is C16H19ClN4OS. The lowest BCUT2D eigenvalue weighted by molar-refractivity contribution is 0.208. The second-order valence-corrected chi connectivity index (χ2v) is 7.26. The SMILES string of the molecule is Cc1cnc(NC(=O)N2CCN(c3ccc(Cl)c(C)c3)CC2)s1. The predicted molar refractivity (Wildman–Crippen MR) is 95.8 cm³/mol. The third kappa shape index (κ3) is 3.76. The molecule has 122 valence electrons. The number of halogens is 1. The molecule has 1 aromatic carbocycles. The molecular weight excluding hydrogens is 332 g/mol. The van der Waals surface area contributed by atoms with Crippen molar-refractivity contribution in [2.24, 2.45) is 0 Å². The molecule has 3 rings (SSSR count). The maximum Gasteiger partial charge on any atom is 0.323 e. The maximum absolute atomic E-state index is 12.3. The van der Waals surface area contributed by atoms with Crippen LogP contribution in [0.25, 0.3) is 0 Å². The number of anilines is 2. The van der Waals surface area contributed by atoms with Crippen molar-refractivity contribution in [2.75, 3.05) is 36.4 Å². The number of rotatable bonds is 2. The second-order valence-electron chi connectivity index (χ2n) is 5.61. The van der Waals surface area contributed by atoms with Crippen molar-refractivity contribution in [2.45, 2.75) is 13.8 Å². The van der Waals surface area contributed by atoms with Crippen LogP contribution in [0.1, 0.15) is 10.4 Å². The Morgan fingerprint density at radius 3 is 2.61 bits per heavy atom. The molecule has 1 N–H and O–H groups in total. The van der Waals surface area contributed by atoms with E-state index in [-0.39, 0.29) is 6.03 Å². The number of carbonyl (C=O) groups is 1. The molecule has 0 aliphatic carbocycles. The largest absolute Gasteiger partial charge is 0.368 e. The number of hydrogen-bond acceptors (Lipinski definition) is 4. The van der Waals surface area contributed by atoms with Crippen molar-refractivity contribution < 1.29 is 4.79 Å². The van der Waals surface area contributed by atoms with Gasteiger partial charge in [0.1, 0.15) is 0 Å². The quantitative estimate of drug-likeness (QED) is 0.897. The number of thiazole rings is 1. The van der Waals surface area contributed by atoms with E-state index >= 15 is 0 Å². The van der Waals surface area contributed by atoms with Gasteiger partial charge >= 0.3 is 6.03 Å². The van der Waals surface area contributed by atoms with E-state index in [1.807, 2.05) is 30.9 Å². The molecule has 0 unspecified atom stereocenters. The second kappa shape index (κ2) is 6.76. The van der Waals surface area contributed by atoms with Crippen molar-refractivity contribution in [1.29, 1.82) is 0 Å². The summed E-state index contributed by atoms with van der Waals surface area (Å²) < 4.78 is 0. The molecule has 0 atom stereocenters. The molecule has 1 aliphatic heterocycles. The molecule has 1 aromatic heterocycles. The van der Waals surface area contributed by atoms with E-state index in [2.05, 4.69) is 21.3 Å². The third-order valence-electron chi connectivity index (χ3n) is 3.91. The summed E-state index contributed by atoms with van der Waals surface area (Å²) in [6.45, 7) is 6.98. The number of nitrogens with one attached hydrogen (secondary N) is 1. The minimum Gasteiger partial charge on any atom is -0.368 e. The van der Waals surface area contributed by atoms with Gasteiger partial charge in [0, 0.05) is 48.0 Å². The van der Waals surface area contributed by atoms with Crippen LogP contribution in [0.3, 0.4) is 0 Å². The van der Waals surface area contributed by atoms with Crippen molar-refractivity contribution in [1.82, 2.24) is 9.88 Å². The Labute approximate surface area is 144 Å². The average Bonchev–Trinajstić information content (AvgIpc) is 2.95. The summed E-state index contributed by atoms with van der Waals surface area (Å²) >= 11 is 7.57. The summed E-state index contributed by atoms with van der Waals surface area (Å²) in [6, 6.07) is 5.97. The summed E-state index contributed by atoms with van der Waals surface area (Å²) in [5, 5.41) is 4.30. The van der Waals surface area contributed by atoms with Crippen LogP contribution < -0.4 is 10.2 Å². The highest BCUT2D eigenvalue weighted by Gasteiger charge is 2.22. The molecule has 1 saturated heterocycles. The Morgan fingerprint density at radius 2 is 2.00 bits per heavy atom. The molecule has 2 aromatic rings. The monoisotopic (exact) mass is 350 g/mol. The molecule has 5 nitrogen and oxygen atoms in total. The molecule has 1 aliphatic rings. The molecule has 0 radical (unpaired) electrons. The first kappa shape index (κ1) is 16.1. The van der Waals surface area contributed by atoms with Gasteiger partial charge in [-0.25, -0.2) is 9.78 Å². The van der Waals surface area contributed by atoms with E-state index < -0.39 is 0 Å². The van der Waals surface area contributed by atoms with Gasteiger partial charge in [0.2, 0.25) is 0 Å². The normalized spacial score (nSPS) is 14.9. The highest BCUT2D eigenvalue weighted by Crippen LogP contribution is 2.24. The molecule has 7 heteroatoms. The number of aromatic nitrogens is 1. The Hall–Kier alpha value is -1.79. The lowest BCUT2D eigenvalue weighted by atomic mass is 10.2. The molecule has 0 spiro atoms. The van der Waals surface area contributed by atoms with Crippen LogP contribution in [0.5, 0.6) is 0 Å². The van der Waals surface area contributed by atoms with Gasteiger partial charge in [0.05, 0.1) is 0 Å². The van der Waals surface area contributed by atoms with E-state index in [0.717, 1.165) is 34.2 Å². The highest BCUT2D eigenvalue weighted by atomic mass is 35.5. The van der Waals surface area contributed by atoms with Crippen LogP contribution in [0.4, 0.5) is 15.6 Å². The number of carbonyl (C=O) groups excluding carboxylic acids is 1. The Morgan fingerprint density at radius 1 is 1.26 bits per heavy atom. The fourth-order valence-corrected chi connectivity index (χ4v) is 3.35. The zero-order valence-corrected chi connectivity index (χ0v) is 14.7. The van der Waals surface area contributed by atoms with Crippen LogP contribution >= 0.6 is 22.9 Å². The van der Waals surface area contributed by atoms with Gasteiger partial charge in [-0.3, -0.25) is 5.32 Å². The molecule has 1 fully saturated rings. The summed E-state index contributed by atoms with van der Waals surface area (Å²) in [6.07, 6.45) is 1.76. The maximum atomic E-state index is 12.3. The van der Waals surface area contributed by atoms with E-state index in [9.17, 15) is 4.79 Å². The fourth-order valence-electron chi connectivity index (χ4n) is 2.58. The molecule has 0 bridgehead atoms. The van der Waals surface area contributed by atoms with Crippen LogP contribution in [0, 0.1) is 13.8 Å². The minimum atomic E-state index is -0.0775. The van der Waals surface area contributed by atoms with Crippen molar-refractivity contribution in [3.8, 4) is 0 Å². The molecule has 2 amide bonds. The Bertz CT molecular complexity index is 710. The van der Waals surface area contributed by atoms with Crippen LogP contribution in [0.2, 0.25) is 5.02 Å². The lowest BCUT2D eigenvalue weighted by Gasteiger charge is -2.36. The topological polar surface area (TPSA) is 48.5 Å². The first-order valence-electron chi connectivity index (χ1n) is 7.52. The zero-order valence-electron chi connectivity index (χ0n) is 13.2. The van der Waals surface area contributed by atoms with E-state index in [4.69, 9.17) is 11.6 Å². The number of hydrogen-bond donors (Lipinski definition) is 1. The average molecular weight is 351 g/mol. The minimum absolute atomic E-state index is 0.0775. The van der Waals surface area contributed by atoms with Crippen LogP contribution in [-0.2, 0) is 0 Å². The van der Waals surface area contributed by atoms with Crippen molar-refractivity contribution >= 4 is 39.8 Å². The smallest absolute Gasteiger partial charge is 0.323 e. The van der Waals surface area contributed by atoms with E-state index in [1.54, 1.807) is 6.20 Å². The van der Waals surface area contributed by atoms with Crippen LogP contribution in [0.15, 0.2) is 24.4 Å². The van der Waals surface area contributed by atoms with E-state index in [1.165, 1.54) is 11.3 Å². The van der Waals surface area contributed by atoms with E-state index in [0.29, 0.717) is 18.2 Å². The first-order chi connectivity index (χ1) is 11.0. The molecule has 23 heavy (non-hydrogen) atoms. The first-order valence-corrected chi connectivity index (χ1v) is 8.72. The predicted octanol–water partition coefficient (Wildman–Crippen LogP) is 3.77. The lowest BCUT2D eigenvalue weighted by Crippen LogP contribution is -2.50. The highest BCUT2D eigenvalue weighted by molar-refractivity contribution is 7.15. The number of amides is 2. The standard InChI is InChI=1S/C16H19ClN4OS/c1-11-9-13(3-4-14(11)17)20-5-7-21(8-6-20)16(22)19-15-18-10-12(2)23-15/h3-4,9-10H,5-8H2,1-2H3,(H,18,19,22). The summed E-state index contributed by atoms with van der Waals surface area (Å²) in [5.74, 6) is 0. The van der Waals surface area contributed by atoms with Gasteiger partial charge < -0.3 is 9.80 Å². The van der Waals surface area contributed by atoms with Gasteiger partial charge in [-0.1, -0.05) is 11.6 Å². The van der Waals surface area contributed by atoms with Crippen LogP contribution in [-0.4, -0.2) is 42.1 Å². The van der Waals surface area contributed by atoms with Gasteiger partial charge in [0.15, 0.2) is 5.13 Å². The Kier molecular flexibility index (Phi) is 4.73.